The van der Waals surface area contributed by atoms with Crippen molar-refractivity contribution >= 4 is 46.7 Å². The molecule has 168 valence electrons. The number of rotatable bonds is 7. The number of anilines is 1. The van der Waals surface area contributed by atoms with Crippen LogP contribution in [0, 0.1) is 11.3 Å². The first-order chi connectivity index (χ1) is 15.2. The number of esters is 1. The summed E-state index contributed by atoms with van der Waals surface area (Å²) in [5, 5.41) is 15.1. The molecule has 0 saturated carbocycles. The smallest absolute Gasteiger partial charge is 0.415 e. The number of alkyl carbamates (subject to hydrolysis) is 1. The van der Waals surface area contributed by atoms with Crippen LogP contribution in [-0.4, -0.2) is 29.3 Å². The van der Waals surface area contributed by atoms with Crippen LogP contribution >= 0.6 is 23.2 Å². The minimum atomic E-state index is -1.23. The van der Waals surface area contributed by atoms with Crippen molar-refractivity contribution in [2.45, 2.75) is 26.7 Å². The summed E-state index contributed by atoms with van der Waals surface area (Å²) in [5.74, 6) is -0.801. The predicted octanol–water partition coefficient (Wildman–Crippen LogP) is 4.16. The van der Waals surface area contributed by atoms with E-state index in [0.717, 1.165) is 0 Å². The average molecular weight is 480 g/mol. The standard InChI is InChI=1S/C20H19Cl2N5O5/c1-4-24-20(30)32-19(29)16(8-23)27-26-11-5-14(21)17(15(22)6-11)31-12-7-13(10(2)3)18(28)25-9-12/h5-7,9-10,26H,4H2,1-3H3,(H,24,30)(H,25,28)/b27-16-. The number of aromatic nitrogens is 1. The van der Waals surface area contributed by atoms with E-state index < -0.39 is 17.8 Å². The van der Waals surface area contributed by atoms with E-state index in [1.54, 1.807) is 13.0 Å². The molecule has 32 heavy (non-hydrogen) atoms. The first-order valence-corrected chi connectivity index (χ1v) is 10.0. The number of ether oxygens (including phenoxy) is 2. The highest BCUT2D eigenvalue weighted by Crippen LogP contribution is 2.39. The van der Waals surface area contributed by atoms with Crippen LogP contribution in [0.3, 0.4) is 0 Å². The summed E-state index contributed by atoms with van der Waals surface area (Å²) in [7, 11) is 0. The lowest BCUT2D eigenvalue weighted by Crippen LogP contribution is -2.29. The molecule has 0 fully saturated rings. The molecule has 2 aromatic rings. The first kappa shape index (κ1) is 24.7. The van der Waals surface area contributed by atoms with E-state index in [4.69, 9.17) is 33.2 Å². The van der Waals surface area contributed by atoms with Gasteiger partial charge in [0.15, 0.2) is 5.75 Å². The molecule has 0 radical (unpaired) electrons. The van der Waals surface area contributed by atoms with Crippen LogP contribution in [0.1, 0.15) is 32.3 Å². The van der Waals surface area contributed by atoms with Crippen molar-refractivity contribution in [3.05, 3.63) is 50.4 Å². The van der Waals surface area contributed by atoms with Gasteiger partial charge in [-0.1, -0.05) is 37.0 Å². The van der Waals surface area contributed by atoms with Gasteiger partial charge in [0.25, 0.3) is 5.56 Å². The predicted molar refractivity (Wildman–Crippen MR) is 120 cm³/mol. The summed E-state index contributed by atoms with van der Waals surface area (Å²) in [5.41, 5.74) is 2.29. The van der Waals surface area contributed by atoms with E-state index in [0.29, 0.717) is 11.3 Å². The van der Waals surface area contributed by atoms with E-state index >= 15 is 0 Å². The fourth-order valence-corrected chi connectivity index (χ4v) is 2.92. The Kier molecular flexibility index (Phi) is 8.63. The molecule has 0 saturated heterocycles. The van der Waals surface area contributed by atoms with Crippen LogP contribution in [0.4, 0.5) is 10.5 Å². The highest BCUT2D eigenvalue weighted by molar-refractivity contribution is 6.44. The number of benzene rings is 1. The topological polar surface area (TPSA) is 146 Å². The molecule has 0 aliphatic heterocycles. The van der Waals surface area contributed by atoms with Crippen LogP contribution in [0.15, 0.2) is 34.3 Å². The molecule has 0 aliphatic rings. The summed E-state index contributed by atoms with van der Waals surface area (Å²) >= 11 is 12.5. The van der Waals surface area contributed by atoms with E-state index in [-0.39, 0.29) is 39.5 Å². The van der Waals surface area contributed by atoms with Gasteiger partial charge in [-0.05, 0) is 31.0 Å². The molecule has 0 unspecified atom stereocenters. The second kappa shape index (κ2) is 11.2. The van der Waals surface area contributed by atoms with Gasteiger partial charge in [-0.3, -0.25) is 10.2 Å². The van der Waals surface area contributed by atoms with Crippen LogP contribution in [-0.2, 0) is 9.53 Å². The Morgan fingerprint density at radius 3 is 2.47 bits per heavy atom. The number of halogens is 2. The Hall–Kier alpha value is -3.55. The summed E-state index contributed by atoms with van der Waals surface area (Å²) < 4.78 is 10.1. The SMILES string of the molecule is CCNC(=O)OC(=O)/C(C#N)=N\Nc1cc(Cl)c(Oc2c[nH]c(=O)c(C(C)C)c2)c(Cl)c1. The molecule has 2 rings (SSSR count). The Morgan fingerprint density at radius 1 is 1.25 bits per heavy atom. The number of carbonyl (C=O) groups is 2. The Labute approximate surface area is 193 Å². The monoisotopic (exact) mass is 479 g/mol. The molecule has 0 atom stereocenters. The van der Waals surface area contributed by atoms with Crippen LogP contribution in [0.25, 0.3) is 0 Å². The van der Waals surface area contributed by atoms with Gasteiger partial charge < -0.3 is 19.8 Å². The van der Waals surface area contributed by atoms with E-state index in [9.17, 15) is 14.4 Å². The number of nitriles is 1. The molecule has 12 heteroatoms. The van der Waals surface area contributed by atoms with Gasteiger partial charge in [-0.15, -0.1) is 0 Å². The molecule has 1 heterocycles. The second-order valence-corrected chi connectivity index (χ2v) is 7.35. The number of nitrogens with zero attached hydrogens (tertiary/aromatic N) is 2. The summed E-state index contributed by atoms with van der Waals surface area (Å²) in [6.07, 6.45) is 0.382. The second-order valence-electron chi connectivity index (χ2n) is 6.54. The zero-order valence-electron chi connectivity index (χ0n) is 17.3. The number of aromatic amines is 1. The van der Waals surface area contributed by atoms with Crippen molar-refractivity contribution in [3.63, 3.8) is 0 Å². The number of hydrogen-bond acceptors (Lipinski definition) is 8. The molecule has 0 spiro atoms. The van der Waals surface area contributed by atoms with Crippen molar-refractivity contribution in [3.8, 4) is 17.6 Å². The minimum absolute atomic E-state index is 0.0215. The number of carbonyl (C=O) groups excluding carboxylic acids is 2. The first-order valence-electron chi connectivity index (χ1n) is 9.29. The molecule has 1 aromatic heterocycles. The summed E-state index contributed by atoms with van der Waals surface area (Å²) in [6, 6.07) is 5.90. The Morgan fingerprint density at radius 2 is 1.91 bits per heavy atom. The third-order valence-corrected chi connectivity index (χ3v) is 4.41. The average Bonchev–Trinajstić information content (AvgIpc) is 2.72. The quantitative estimate of drug-likeness (QED) is 0.233. The van der Waals surface area contributed by atoms with Crippen LogP contribution < -0.4 is 21.0 Å². The summed E-state index contributed by atoms with van der Waals surface area (Å²) in [4.78, 5) is 37.6. The molecule has 0 aliphatic carbocycles. The lowest BCUT2D eigenvalue weighted by Gasteiger charge is -2.13. The zero-order chi connectivity index (χ0) is 23.8. The zero-order valence-corrected chi connectivity index (χ0v) is 18.8. The molecule has 0 bridgehead atoms. The van der Waals surface area contributed by atoms with Gasteiger partial charge in [0.1, 0.15) is 11.8 Å². The van der Waals surface area contributed by atoms with Crippen LogP contribution in [0.2, 0.25) is 10.0 Å². The van der Waals surface area contributed by atoms with Crippen molar-refractivity contribution in [1.29, 1.82) is 5.26 Å². The van der Waals surface area contributed by atoms with Gasteiger partial charge in [-0.25, -0.2) is 9.59 Å². The third-order valence-electron chi connectivity index (χ3n) is 3.85. The molecule has 1 aromatic carbocycles. The van der Waals surface area contributed by atoms with Gasteiger partial charge >= 0.3 is 12.1 Å². The highest BCUT2D eigenvalue weighted by Gasteiger charge is 2.18. The van der Waals surface area contributed by atoms with E-state index in [2.05, 4.69) is 25.6 Å². The number of nitrogens with one attached hydrogen (secondary N) is 3. The number of amides is 1. The maximum absolute atomic E-state index is 11.9. The fourth-order valence-electron chi connectivity index (χ4n) is 2.36. The van der Waals surface area contributed by atoms with E-state index in [1.165, 1.54) is 24.4 Å². The van der Waals surface area contributed by atoms with Crippen molar-refractivity contribution in [2.75, 3.05) is 12.0 Å². The van der Waals surface area contributed by atoms with Crippen LogP contribution in [0.5, 0.6) is 11.5 Å². The van der Waals surface area contributed by atoms with E-state index in [1.807, 2.05) is 13.8 Å². The summed E-state index contributed by atoms with van der Waals surface area (Å²) in [6.45, 7) is 5.62. The minimum Gasteiger partial charge on any atom is -0.453 e. The van der Waals surface area contributed by atoms with Gasteiger partial charge in [0.2, 0.25) is 5.71 Å². The van der Waals surface area contributed by atoms with Gasteiger partial charge in [0.05, 0.1) is 15.7 Å². The lowest BCUT2D eigenvalue weighted by molar-refractivity contribution is -0.129. The van der Waals surface area contributed by atoms with Crippen molar-refractivity contribution in [2.24, 2.45) is 5.10 Å². The normalized spacial score (nSPS) is 11.0. The third kappa shape index (κ3) is 6.47. The van der Waals surface area contributed by atoms with Gasteiger partial charge in [0, 0.05) is 18.3 Å². The Bertz CT molecular complexity index is 1130. The highest BCUT2D eigenvalue weighted by atomic mass is 35.5. The van der Waals surface area contributed by atoms with Crippen molar-refractivity contribution in [1.82, 2.24) is 10.3 Å². The maximum atomic E-state index is 11.9. The maximum Gasteiger partial charge on any atom is 0.415 e. The van der Waals surface area contributed by atoms with Gasteiger partial charge in [-0.2, -0.15) is 10.4 Å². The molecule has 1 amide bonds. The number of hydrogen-bond donors (Lipinski definition) is 3. The molecule has 3 N–H and O–H groups in total. The Balaban J connectivity index is 2.20. The lowest BCUT2D eigenvalue weighted by atomic mass is 10.1. The number of H-pyrrole nitrogens is 1. The molecular formula is C20H19Cl2N5O5. The largest absolute Gasteiger partial charge is 0.453 e. The molecule has 10 nitrogen and oxygen atoms in total. The number of pyridine rings is 1. The molecular weight excluding hydrogens is 461 g/mol. The van der Waals surface area contributed by atoms with Crippen molar-refractivity contribution < 1.29 is 19.1 Å². The fraction of sp³-hybridized carbons (Fsp3) is 0.250. The number of hydrazone groups is 1.